The van der Waals surface area contributed by atoms with Gasteiger partial charge in [-0.05, 0) is 17.7 Å². The average molecular weight is 338 g/mol. The topological polar surface area (TPSA) is 80.9 Å². The zero-order valence-corrected chi connectivity index (χ0v) is 13.9. The van der Waals surface area contributed by atoms with E-state index >= 15 is 0 Å². The van der Waals surface area contributed by atoms with Crippen molar-refractivity contribution < 1.29 is 4.79 Å². The van der Waals surface area contributed by atoms with E-state index < -0.39 is 0 Å². The molecule has 24 heavy (non-hydrogen) atoms. The molecule has 0 spiro atoms. The number of aldehydes is 1. The predicted molar refractivity (Wildman–Crippen MR) is 97.0 cm³/mol. The highest BCUT2D eigenvalue weighted by Gasteiger charge is 2.08. The van der Waals surface area contributed by atoms with Gasteiger partial charge >= 0.3 is 0 Å². The van der Waals surface area contributed by atoms with Gasteiger partial charge in [0, 0.05) is 30.0 Å². The Kier molecular flexibility index (Phi) is 5.30. The molecule has 3 aromatic rings. The Morgan fingerprint density at radius 3 is 2.79 bits per heavy atom. The zero-order chi connectivity index (χ0) is 16.8. The fourth-order valence-electron chi connectivity index (χ4n) is 2.33. The van der Waals surface area contributed by atoms with Crippen molar-refractivity contribution in [1.82, 2.24) is 9.97 Å². The molecule has 3 N–H and O–H groups in total. The van der Waals surface area contributed by atoms with E-state index in [4.69, 9.17) is 5.73 Å². The second-order valence-electron chi connectivity index (χ2n) is 5.32. The summed E-state index contributed by atoms with van der Waals surface area (Å²) in [6.07, 6.45) is 2.88. The van der Waals surface area contributed by atoms with Crippen molar-refractivity contribution in [2.45, 2.75) is 12.5 Å². The summed E-state index contributed by atoms with van der Waals surface area (Å²) in [5.74, 6) is 0.733. The smallest absolute Gasteiger partial charge is 0.130 e. The zero-order valence-electron chi connectivity index (χ0n) is 13.1. The first-order valence-corrected chi connectivity index (χ1v) is 8.47. The Morgan fingerprint density at radius 1 is 1.17 bits per heavy atom. The van der Waals surface area contributed by atoms with Gasteiger partial charge in [0.2, 0.25) is 0 Å². The third-order valence-corrected chi connectivity index (χ3v) is 4.73. The molecule has 2 aromatic heterocycles. The maximum atomic E-state index is 10.6. The molecule has 0 fully saturated rings. The molecular weight excluding hydrogens is 320 g/mol. The summed E-state index contributed by atoms with van der Waals surface area (Å²) in [6, 6.07) is 15.7. The normalized spacial score (nSPS) is 11.9. The lowest BCUT2D eigenvalue weighted by Gasteiger charge is -2.13. The van der Waals surface area contributed by atoms with Crippen molar-refractivity contribution in [1.29, 1.82) is 0 Å². The number of nitrogens with one attached hydrogen (secondary N) is 1. The largest absolute Gasteiger partial charge is 0.368 e. The number of benzene rings is 1. The monoisotopic (exact) mass is 338 g/mol. The highest BCUT2D eigenvalue weighted by atomic mass is 32.1. The first-order chi connectivity index (χ1) is 11.8. The van der Waals surface area contributed by atoms with E-state index in [2.05, 4.69) is 15.3 Å². The Morgan fingerprint density at radius 2 is 2.00 bits per heavy atom. The Bertz CT molecular complexity index is 804. The molecule has 0 aliphatic heterocycles. The highest BCUT2D eigenvalue weighted by Crippen LogP contribution is 2.27. The van der Waals surface area contributed by atoms with Crippen LogP contribution in [0.1, 0.15) is 16.5 Å². The summed E-state index contributed by atoms with van der Waals surface area (Å²) in [7, 11) is 0. The van der Waals surface area contributed by atoms with Crippen LogP contribution in [-0.2, 0) is 11.2 Å². The summed E-state index contributed by atoms with van der Waals surface area (Å²) in [5, 5.41) is 3.26. The van der Waals surface area contributed by atoms with E-state index in [9.17, 15) is 4.79 Å². The molecule has 6 heteroatoms. The van der Waals surface area contributed by atoms with Gasteiger partial charge in [-0.15, -0.1) is 11.3 Å². The molecule has 0 aliphatic carbocycles. The van der Waals surface area contributed by atoms with Crippen LogP contribution in [0.4, 0.5) is 5.82 Å². The van der Waals surface area contributed by atoms with Gasteiger partial charge in [0.05, 0.1) is 10.6 Å². The molecule has 1 unspecified atom stereocenters. The van der Waals surface area contributed by atoms with Crippen molar-refractivity contribution in [2.75, 3.05) is 11.9 Å². The number of thiophene rings is 1. The Labute approximate surface area is 144 Å². The minimum Gasteiger partial charge on any atom is -0.368 e. The molecule has 0 amide bonds. The van der Waals surface area contributed by atoms with E-state index in [1.807, 2.05) is 48.5 Å². The number of nitrogens with zero attached hydrogens (tertiary/aromatic N) is 2. The van der Waals surface area contributed by atoms with Gasteiger partial charge in [0.1, 0.15) is 18.4 Å². The maximum Gasteiger partial charge on any atom is 0.130 e. The molecule has 2 heterocycles. The molecule has 0 aliphatic rings. The molecule has 5 nitrogen and oxygen atoms in total. The van der Waals surface area contributed by atoms with Crippen LogP contribution in [0.2, 0.25) is 0 Å². The molecule has 3 rings (SSSR count). The van der Waals surface area contributed by atoms with Crippen LogP contribution in [0.25, 0.3) is 10.6 Å². The molecule has 1 aromatic carbocycles. The molecule has 0 saturated carbocycles. The third kappa shape index (κ3) is 4.04. The van der Waals surface area contributed by atoms with Crippen LogP contribution in [0.5, 0.6) is 0 Å². The van der Waals surface area contributed by atoms with Crippen LogP contribution in [-0.4, -0.2) is 22.8 Å². The van der Waals surface area contributed by atoms with E-state index in [1.165, 1.54) is 6.33 Å². The minimum atomic E-state index is -0.106. The standard InChI is InChI=1S/C18H18N4OS/c19-15(13-4-2-1-3-5-13)11-20-18-10-16(21-12-22-18)17-7-6-14(24-17)8-9-23/h1-7,9-10,12,15H,8,11,19H2,(H,20,21,22). The number of rotatable bonds is 7. The Hall–Kier alpha value is -2.57. The van der Waals surface area contributed by atoms with Crippen LogP contribution in [0, 0.1) is 0 Å². The number of hydrogen-bond donors (Lipinski definition) is 2. The van der Waals surface area contributed by atoms with Crippen LogP contribution in [0.15, 0.2) is 54.9 Å². The molecule has 0 radical (unpaired) electrons. The van der Waals surface area contributed by atoms with Crippen molar-refractivity contribution in [2.24, 2.45) is 5.73 Å². The summed E-state index contributed by atoms with van der Waals surface area (Å²) in [5.41, 5.74) is 8.11. The van der Waals surface area contributed by atoms with Gasteiger partial charge in [-0.3, -0.25) is 0 Å². The fraction of sp³-hybridized carbons (Fsp3) is 0.167. The first kappa shape index (κ1) is 16.3. The number of carbonyl (C=O) groups excluding carboxylic acids is 1. The number of aromatic nitrogens is 2. The number of anilines is 1. The molecular formula is C18H18N4OS. The number of carbonyl (C=O) groups is 1. The quantitative estimate of drug-likeness (QED) is 0.647. The van der Waals surface area contributed by atoms with Crippen molar-refractivity contribution >= 4 is 23.4 Å². The lowest BCUT2D eigenvalue weighted by Crippen LogP contribution is -2.20. The molecule has 0 saturated heterocycles. The van der Waals surface area contributed by atoms with E-state index in [0.29, 0.717) is 13.0 Å². The third-order valence-electron chi connectivity index (χ3n) is 3.60. The lowest BCUT2D eigenvalue weighted by atomic mass is 10.1. The average Bonchev–Trinajstić information content (AvgIpc) is 3.10. The number of nitrogens with two attached hydrogens (primary N) is 1. The van der Waals surface area contributed by atoms with Gasteiger partial charge in [-0.25, -0.2) is 9.97 Å². The SMILES string of the molecule is NC(CNc1cc(-c2ccc(CC=O)s2)ncn1)c1ccccc1. The van der Waals surface area contributed by atoms with Crippen molar-refractivity contribution in [3.63, 3.8) is 0 Å². The van der Waals surface area contributed by atoms with Crippen LogP contribution < -0.4 is 11.1 Å². The molecule has 0 bridgehead atoms. The van der Waals surface area contributed by atoms with E-state index in [-0.39, 0.29) is 6.04 Å². The summed E-state index contributed by atoms with van der Waals surface area (Å²) >= 11 is 1.57. The van der Waals surface area contributed by atoms with Crippen LogP contribution in [0.3, 0.4) is 0 Å². The molecule has 122 valence electrons. The predicted octanol–water partition coefficient (Wildman–Crippen LogP) is 3.06. The minimum absolute atomic E-state index is 0.106. The van der Waals surface area contributed by atoms with E-state index in [1.54, 1.807) is 11.3 Å². The molecule has 1 atom stereocenters. The Balaban J connectivity index is 1.67. The fourth-order valence-corrected chi connectivity index (χ4v) is 3.25. The van der Waals surface area contributed by atoms with Crippen molar-refractivity contribution in [3.05, 3.63) is 65.3 Å². The van der Waals surface area contributed by atoms with Gasteiger partial charge in [0.25, 0.3) is 0 Å². The van der Waals surface area contributed by atoms with E-state index in [0.717, 1.165) is 33.1 Å². The van der Waals surface area contributed by atoms with Gasteiger partial charge in [-0.1, -0.05) is 30.3 Å². The van der Waals surface area contributed by atoms with Crippen molar-refractivity contribution in [3.8, 4) is 10.6 Å². The summed E-state index contributed by atoms with van der Waals surface area (Å²) in [4.78, 5) is 21.2. The number of hydrogen-bond acceptors (Lipinski definition) is 6. The van der Waals surface area contributed by atoms with Gasteiger partial charge in [-0.2, -0.15) is 0 Å². The van der Waals surface area contributed by atoms with Gasteiger partial charge < -0.3 is 15.8 Å². The first-order valence-electron chi connectivity index (χ1n) is 7.65. The second-order valence-corrected chi connectivity index (χ2v) is 6.49. The highest BCUT2D eigenvalue weighted by molar-refractivity contribution is 7.15. The summed E-state index contributed by atoms with van der Waals surface area (Å²) in [6.45, 7) is 0.585. The second kappa shape index (κ2) is 7.81. The maximum absolute atomic E-state index is 10.6. The lowest BCUT2D eigenvalue weighted by molar-refractivity contribution is -0.107. The summed E-state index contributed by atoms with van der Waals surface area (Å²) < 4.78 is 0. The van der Waals surface area contributed by atoms with Gasteiger partial charge in [0.15, 0.2) is 0 Å². The van der Waals surface area contributed by atoms with Crippen LogP contribution >= 0.6 is 11.3 Å².